The number of carbonyl (C=O) groups is 5. The quantitative estimate of drug-likeness (QED) is 0.206. The van der Waals surface area contributed by atoms with Crippen molar-refractivity contribution in [2.45, 2.75) is 138 Å². The molecule has 0 aliphatic heterocycles. The van der Waals surface area contributed by atoms with Crippen LogP contribution in [0.3, 0.4) is 0 Å². The van der Waals surface area contributed by atoms with E-state index >= 15 is 0 Å². The van der Waals surface area contributed by atoms with E-state index in [1.165, 1.54) is 5.57 Å². The highest BCUT2D eigenvalue weighted by atomic mass is 16.4. The minimum Gasteiger partial charge on any atom is -0.481 e. The lowest BCUT2D eigenvalue weighted by atomic mass is 9.37. The summed E-state index contributed by atoms with van der Waals surface area (Å²) in [6, 6.07) is 5.21. The second kappa shape index (κ2) is 14.8. The van der Waals surface area contributed by atoms with Crippen LogP contribution in [0.1, 0.15) is 143 Å². The fraction of sp³-hybridized carbons (Fsp3) is 0.745. The highest BCUT2D eigenvalue weighted by molar-refractivity contribution is 6.01. The van der Waals surface area contributed by atoms with Crippen molar-refractivity contribution in [1.29, 1.82) is 0 Å². The molecule has 1 aromatic rings. The van der Waals surface area contributed by atoms with Crippen molar-refractivity contribution in [1.82, 2.24) is 15.6 Å². The molecule has 2 amide bonds. The van der Waals surface area contributed by atoms with Gasteiger partial charge >= 0.3 is 5.97 Å². The molecule has 9 nitrogen and oxygen atoms in total. The monoisotopic (exact) mass is 770 g/mol. The maximum Gasteiger partial charge on any atom is 0.306 e. The molecule has 12 atom stereocenters. The summed E-state index contributed by atoms with van der Waals surface area (Å²) in [5.41, 5.74) is 1.84. The predicted octanol–water partition coefficient (Wildman–Crippen LogP) is 8.23. The number of ketones is 2. The van der Waals surface area contributed by atoms with Gasteiger partial charge in [0.15, 0.2) is 5.78 Å². The highest BCUT2D eigenvalue weighted by Gasteiger charge is 2.65. The topological polar surface area (TPSA) is 143 Å². The summed E-state index contributed by atoms with van der Waals surface area (Å²) in [5.74, 6) is 1.71. The van der Waals surface area contributed by atoms with E-state index in [1.807, 2.05) is 20.8 Å². The van der Waals surface area contributed by atoms with Crippen LogP contribution < -0.4 is 10.6 Å². The summed E-state index contributed by atoms with van der Waals surface area (Å²) in [6.07, 6.45) is 12.0. The molecule has 5 saturated carbocycles. The molecule has 0 aromatic carbocycles. The van der Waals surface area contributed by atoms with E-state index < -0.39 is 16.9 Å². The van der Waals surface area contributed by atoms with Gasteiger partial charge < -0.3 is 15.7 Å². The number of nitrogens with one attached hydrogen (secondary N) is 2. The van der Waals surface area contributed by atoms with Crippen LogP contribution in [0.15, 0.2) is 35.5 Å². The summed E-state index contributed by atoms with van der Waals surface area (Å²) < 4.78 is 0. The third-order valence-electron chi connectivity index (χ3n) is 17.1. The van der Waals surface area contributed by atoms with E-state index in [0.29, 0.717) is 66.9 Å². The van der Waals surface area contributed by atoms with Crippen molar-refractivity contribution >= 4 is 29.4 Å². The van der Waals surface area contributed by atoms with Crippen molar-refractivity contribution in [2.75, 3.05) is 6.54 Å². The molecule has 7 rings (SSSR count). The smallest absolute Gasteiger partial charge is 0.306 e. The molecule has 0 spiro atoms. The van der Waals surface area contributed by atoms with Crippen molar-refractivity contribution in [3.05, 3.63) is 41.2 Å². The summed E-state index contributed by atoms with van der Waals surface area (Å²) in [6.45, 7) is 17.8. The summed E-state index contributed by atoms with van der Waals surface area (Å²) >= 11 is 0. The molecule has 56 heavy (non-hydrogen) atoms. The van der Waals surface area contributed by atoms with Crippen LogP contribution in [-0.2, 0) is 19.2 Å². The fourth-order valence-corrected chi connectivity index (χ4v) is 14.2. The second-order valence-electron chi connectivity index (χ2n) is 20.9. The van der Waals surface area contributed by atoms with Gasteiger partial charge in [-0.05, 0) is 148 Å². The largest absolute Gasteiger partial charge is 0.481 e. The number of aliphatic carboxylic acids is 1. The van der Waals surface area contributed by atoms with Crippen LogP contribution in [0.2, 0.25) is 0 Å². The zero-order chi connectivity index (χ0) is 40.5. The van der Waals surface area contributed by atoms with Gasteiger partial charge in [-0.15, -0.1) is 0 Å². The first-order valence-electron chi connectivity index (χ1n) is 21.9. The van der Waals surface area contributed by atoms with E-state index in [2.05, 4.69) is 50.2 Å². The van der Waals surface area contributed by atoms with Crippen molar-refractivity contribution in [3.63, 3.8) is 0 Å². The number of allylic oxidation sites excluding steroid dienone is 2. The molecular weight excluding hydrogens is 703 g/mol. The number of carboxylic acids is 1. The molecule has 5 fully saturated rings. The first-order valence-corrected chi connectivity index (χ1v) is 21.9. The molecule has 0 radical (unpaired) electrons. The Morgan fingerprint density at radius 1 is 0.929 bits per heavy atom. The number of carbonyl (C=O) groups excluding carboxylic acids is 4. The van der Waals surface area contributed by atoms with Crippen LogP contribution in [0.5, 0.6) is 0 Å². The van der Waals surface area contributed by atoms with Gasteiger partial charge in [-0.25, -0.2) is 0 Å². The van der Waals surface area contributed by atoms with Crippen LogP contribution in [0.4, 0.5) is 0 Å². The molecule has 12 unspecified atom stereocenters. The lowest BCUT2D eigenvalue weighted by molar-refractivity contribution is -0.173. The Bertz CT molecular complexity index is 1790. The Balaban J connectivity index is 1.05. The third kappa shape index (κ3) is 6.88. The number of rotatable bonds is 11. The van der Waals surface area contributed by atoms with E-state index in [0.717, 1.165) is 56.9 Å². The Labute approximate surface area is 334 Å². The van der Waals surface area contributed by atoms with Crippen LogP contribution in [0.25, 0.3) is 0 Å². The molecule has 1 aromatic heterocycles. The van der Waals surface area contributed by atoms with Gasteiger partial charge in [-0.1, -0.05) is 53.2 Å². The van der Waals surface area contributed by atoms with Crippen molar-refractivity contribution < 1.29 is 29.1 Å². The van der Waals surface area contributed by atoms with Gasteiger partial charge in [-0.3, -0.25) is 29.0 Å². The number of Topliss-reactive ketones (excluding diaryl/α,β-unsaturated/α-hetero) is 2. The van der Waals surface area contributed by atoms with E-state index in [4.69, 9.17) is 0 Å². The average Bonchev–Trinajstić information content (AvgIpc) is 3.43. The maximum absolute atomic E-state index is 14.0. The fourth-order valence-electron chi connectivity index (χ4n) is 14.2. The van der Waals surface area contributed by atoms with E-state index in [-0.39, 0.29) is 64.4 Å². The molecule has 1 heterocycles. The van der Waals surface area contributed by atoms with E-state index in [1.54, 1.807) is 24.4 Å². The maximum atomic E-state index is 14.0. The number of pyridine rings is 1. The summed E-state index contributed by atoms with van der Waals surface area (Å²) in [5, 5.41) is 15.6. The van der Waals surface area contributed by atoms with Crippen LogP contribution >= 0.6 is 0 Å². The Hall–Kier alpha value is -3.36. The zero-order valence-electron chi connectivity index (χ0n) is 35.2. The summed E-state index contributed by atoms with van der Waals surface area (Å²) in [4.78, 5) is 69.9. The minimum absolute atomic E-state index is 0.0652. The third-order valence-corrected chi connectivity index (χ3v) is 17.1. The Morgan fingerprint density at radius 2 is 1.62 bits per heavy atom. The lowest BCUT2D eigenvalue weighted by Gasteiger charge is -2.67. The number of hydrogen-bond donors (Lipinski definition) is 3. The molecule has 6 aliphatic carbocycles. The van der Waals surface area contributed by atoms with Crippen LogP contribution in [0, 0.1) is 75.4 Å². The summed E-state index contributed by atoms with van der Waals surface area (Å²) in [7, 11) is 0. The standard InChI is InChI=1S/C47H67N3O6/c1-26(2)40-37(52)23-47(24-39(53)49-25-44(5,6)50-42(54)35-11-9-10-20-48-35)19-16-34-30(41(40)47)12-13-38-45(7)17-14-29(27(3)33(45)15-18-46(34,38)8)21-36(51)31-22-32(28(31)4)43(55)56/h9-11,20,26-34,38H,12-19,21-25H2,1-8H3,(H,49,53)(H,50,54)(H,55,56). The molecule has 9 heteroatoms. The number of fused-ring (bicyclic) bond motifs is 7. The lowest BCUT2D eigenvalue weighted by Crippen LogP contribution is -2.60. The first kappa shape index (κ1) is 40.8. The molecule has 306 valence electrons. The molecule has 0 bridgehead atoms. The molecular formula is C47H67N3O6. The first-order chi connectivity index (χ1) is 26.3. The van der Waals surface area contributed by atoms with Gasteiger partial charge in [0.2, 0.25) is 5.91 Å². The average molecular weight is 770 g/mol. The number of nitrogens with zero attached hydrogens (tertiary/aromatic N) is 1. The van der Waals surface area contributed by atoms with Gasteiger partial charge in [0, 0.05) is 43.3 Å². The molecule has 0 saturated heterocycles. The molecule has 6 aliphatic rings. The number of aromatic nitrogens is 1. The molecule has 3 N–H and O–H groups in total. The van der Waals surface area contributed by atoms with Crippen molar-refractivity contribution in [2.24, 2.45) is 75.4 Å². The minimum atomic E-state index is -0.769. The Morgan fingerprint density at radius 3 is 2.29 bits per heavy atom. The number of amides is 2. The van der Waals surface area contributed by atoms with E-state index in [9.17, 15) is 29.1 Å². The second-order valence-corrected chi connectivity index (χ2v) is 20.9. The number of hydrogen-bond acceptors (Lipinski definition) is 6. The van der Waals surface area contributed by atoms with Gasteiger partial charge in [-0.2, -0.15) is 0 Å². The van der Waals surface area contributed by atoms with Crippen molar-refractivity contribution in [3.8, 4) is 0 Å². The van der Waals surface area contributed by atoms with Gasteiger partial charge in [0.1, 0.15) is 11.5 Å². The Kier molecular flexibility index (Phi) is 10.8. The highest BCUT2D eigenvalue weighted by Crippen LogP contribution is 2.72. The van der Waals surface area contributed by atoms with Crippen LogP contribution in [-0.4, -0.2) is 51.5 Å². The SMILES string of the molecule is CC(C)C1=C2C3CCC4C(C)(CCC5C(C)C(CC(=O)C6CC(C(=O)O)C6C)CCC54C)C3CCC2(CC(=O)NCC(C)(C)NC(=O)c2ccccn2)CC1=O. The zero-order valence-corrected chi connectivity index (χ0v) is 35.2. The van der Waals surface area contributed by atoms with Gasteiger partial charge in [0.25, 0.3) is 5.91 Å². The normalized spacial score (nSPS) is 39.1. The predicted molar refractivity (Wildman–Crippen MR) is 215 cm³/mol. The number of carboxylic acid groups (broad SMARTS) is 1. The van der Waals surface area contributed by atoms with Gasteiger partial charge in [0.05, 0.1) is 11.5 Å².